The summed E-state index contributed by atoms with van der Waals surface area (Å²) in [5, 5.41) is 1.01. The Balaban J connectivity index is 1.98. The lowest BCUT2D eigenvalue weighted by Gasteiger charge is -2.07. The Labute approximate surface area is 154 Å². The fourth-order valence-electron chi connectivity index (χ4n) is 2.47. The van der Waals surface area contributed by atoms with Gasteiger partial charge in [-0.3, -0.25) is 4.79 Å². The zero-order valence-corrected chi connectivity index (χ0v) is 15.4. The number of esters is 1. The van der Waals surface area contributed by atoms with Crippen molar-refractivity contribution in [2.24, 2.45) is 0 Å². The average molecular weight is 398 g/mol. The van der Waals surface area contributed by atoms with Gasteiger partial charge in [0, 0.05) is 22.3 Å². The number of aromatic nitrogens is 1. The highest BCUT2D eigenvalue weighted by Gasteiger charge is 2.06. The molecule has 1 heterocycles. The lowest BCUT2D eigenvalue weighted by atomic mass is 10.1. The summed E-state index contributed by atoms with van der Waals surface area (Å²) in [5.74, 6) is 0.881. The molecule has 0 saturated heterocycles. The molecule has 0 N–H and O–H groups in total. The first-order chi connectivity index (χ1) is 12.1. The van der Waals surface area contributed by atoms with E-state index in [1.807, 2.05) is 54.6 Å². The Morgan fingerprint density at radius 1 is 1.08 bits per heavy atom. The topological polar surface area (TPSA) is 48.4 Å². The van der Waals surface area contributed by atoms with E-state index in [4.69, 9.17) is 9.47 Å². The molecule has 3 aromatic rings. The largest absolute Gasteiger partial charge is 0.494 e. The normalized spacial score (nSPS) is 11.0. The van der Waals surface area contributed by atoms with Gasteiger partial charge >= 0.3 is 5.97 Å². The van der Waals surface area contributed by atoms with Gasteiger partial charge in [0.25, 0.3) is 0 Å². The van der Waals surface area contributed by atoms with Gasteiger partial charge in [-0.2, -0.15) is 0 Å². The van der Waals surface area contributed by atoms with Crippen LogP contribution in [-0.4, -0.2) is 18.1 Å². The van der Waals surface area contributed by atoms with Crippen molar-refractivity contribution >= 4 is 45.0 Å². The summed E-state index contributed by atoms with van der Waals surface area (Å²) >= 11 is 3.43. The average Bonchev–Trinajstić information content (AvgIpc) is 2.60. The van der Waals surface area contributed by atoms with Gasteiger partial charge in [-0.1, -0.05) is 34.1 Å². The highest BCUT2D eigenvalue weighted by Crippen LogP contribution is 2.27. The van der Waals surface area contributed by atoms with Gasteiger partial charge in [0.15, 0.2) is 0 Å². The van der Waals surface area contributed by atoms with Crippen LogP contribution in [0.5, 0.6) is 11.5 Å². The van der Waals surface area contributed by atoms with Crippen molar-refractivity contribution in [2.45, 2.75) is 6.92 Å². The number of ether oxygens (including phenoxy) is 2. The summed E-state index contributed by atoms with van der Waals surface area (Å²) in [6.45, 7) is 1.38. The van der Waals surface area contributed by atoms with Crippen molar-refractivity contribution in [3.05, 3.63) is 64.3 Å². The maximum atomic E-state index is 11.3. The summed E-state index contributed by atoms with van der Waals surface area (Å²) < 4.78 is 11.5. The van der Waals surface area contributed by atoms with Gasteiger partial charge in [0.2, 0.25) is 0 Å². The van der Waals surface area contributed by atoms with Gasteiger partial charge in [-0.25, -0.2) is 4.98 Å². The fraction of sp³-hybridized carbons (Fsp3) is 0.100. The van der Waals surface area contributed by atoms with Crippen LogP contribution in [0.15, 0.2) is 53.0 Å². The highest BCUT2D eigenvalue weighted by molar-refractivity contribution is 9.10. The second-order valence-electron chi connectivity index (χ2n) is 5.38. The quantitative estimate of drug-likeness (QED) is 0.453. The number of carbonyl (C=O) groups is 1. The molecule has 126 valence electrons. The van der Waals surface area contributed by atoms with Crippen LogP contribution in [0.3, 0.4) is 0 Å². The number of para-hydroxylation sites is 1. The molecule has 5 heteroatoms. The Morgan fingerprint density at radius 3 is 2.68 bits per heavy atom. The summed E-state index contributed by atoms with van der Waals surface area (Å²) in [7, 11) is 1.63. The first kappa shape index (κ1) is 17.2. The maximum absolute atomic E-state index is 11.3. The van der Waals surface area contributed by atoms with E-state index >= 15 is 0 Å². The molecule has 1 aromatic heterocycles. The molecular weight excluding hydrogens is 382 g/mol. The molecule has 25 heavy (non-hydrogen) atoms. The molecule has 0 radical (unpaired) electrons. The predicted octanol–water partition coefficient (Wildman–Crippen LogP) is 5.10. The SMILES string of the molecule is COc1cccc2ccc(/C=C/c3cc(Br)ccc3OC(C)=O)nc12. The standard InChI is InChI=1S/C20H16BrNO3/c1-13(23)25-18-11-8-16(21)12-15(18)7-10-17-9-6-14-4-3-5-19(24-2)20(14)22-17/h3-12H,1-2H3/b10-7+. The van der Waals surface area contributed by atoms with Crippen LogP contribution in [0.1, 0.15) is 18.2 Å². The van der Waals surface area contributed by atoms with E-state index in [1.165, 1.54) is 6.92 Å². The number of carbonyl (C=O) groups excluding carboxylic acids is 1. The molecule has 0 fully saturated rings. The fourth-order valence-corrected chi connectivity index (χ4v) is 2.84. The molecule has 0 atom stereocenters. The summed E-state index contributed by atoms with van der Waals surface area (Å²) in [6, 6.07) is 15.2. The Hall–Kier alpha value is -2.66. The molecule has 0 aliphatic carbocycles. The van der Waals surface area contributed by atoms with Gasteiger partial charge < -0.3 is 9.47 Å². The number of benzene rings is 2. The number of hydrogen-bond donors (Lipinski definition) is 0. The zero-order valence-electron chi connectivity index (χ0n) is 13.8. The van der Waals surface area contributed by atoms with Crippen molar-refractivity contribution in [3.8, 4) is 11.5 Å². The predicted molar refractivity (Wildman–Crippen MR) is 103 cm³/mol. The smallest absolute Gasteiger partial charge is 0.308 e. The Morgan fingerprint density at radius 2 is 1.92 bits per heavy atom. The van der Waals surface area contributed by atoms with Crippen LogP contribution >= 0.6 is 15.9 Å². The number of pyridine rings is 1. The number of rotatable bonds is 4. The van der Waals surface area contributed by atoms with E-state index in [2.05, 4.69) is 20.9 Å². The number of fused-ring (bicyclic) bond motifs is 1. The maximum Gasteiger partial charge on any atom is 0.308 e. The van der Waals surface area contributed by atoms with Gasteiger partial charge in [-0.15, -0.1) is 0 Å². The molecule has 0 unspecified atom stereocenters. The third-order valence-electron chi connectivity index (χ3n) is 3.58. The van der Waals surface area contributed by atoms with Crippen LogP contribution in [-0.2, 0) is 4.79 Å². The summed E-state index contributed by atoms with van der Waals surface area (Å²) in [4.78, 5) is 15.9. The molecule has 0 aliphatic heterocycles. The van der Waals surface area contributed by atoms with Crippen LogP contribution in [0.4, 0.5) is 0 Å². The molecule has 4 nitrogen and oxygen atoms in total. The van der Waals surface area contributed by atoms with Crippen LogP contribution in [0.2, 0.25) is 0 Å². The lowest BCUT2D eigenvalue weighted by molar-refractivity contribution is -0.131. The summed E-state index contributed by atoms with van der Waals surface area (Å²) in [5.41, 5.74) is 2.37. The second-order valence-corrected chi connectivity index (χ2v) is 6.29. The minimum atomic E-state index is -0.356. The van der Waals surface area contributed by atoms with E-state index in [0.717, 1.165) is 32.4 Å². The van der Waals surface area contributed by atoms with E-state index in [-0.39, 0.29) is 5.97 Å². The highest BCUT2D eigenvalue weighted by atomic mass is 79.9. The summed E-state index contributed by atoms with van der Waals surface area (Å²) in [6.07, 6.45) is 3.74. The number of hydrogen-bond acceptors (Lipinski definition) is 4. The van der Waals surface area contributed by atoms with E-state index in [0.29, 0.717) is 5.75 Å². The minimum Gasteiger partial charge on any atom is -0.494 e. The molecule has 0 bridgehead atoms. The zero-order chi connectivity index (χ0) is 17.8. The molecule has 0 saturated carbocycles. The van der Waals surface area contributed by atoms with Crippen LogP contribution in [0, 0.1) is 0 Å². The van der Waals surface area contributed by atoms with Crippen molar-refractivity contribution in [2.75, 3.05) is 7.11 Å². The number of methoxy groups -OCH3 is 1. The molecule has 2 aromatic carbocycles. The third-order valence-corrected chi connectivity index (χ3v) is 4.08. The van der Waals surface area contributed by atoms with Crippen LogP contribution < -0.4 is 9.47 Å². The van der Waals surface area contributed by atoms with Gasteiger partial charge in [0.05, 0.1) is 12.8 Å². The monoisotopic (exact) mass is 397 g/mol. The van der Waals surface area contributed by atoms with E-state index in [9.17, 15) is 4.79 Å². The number of nitrogens with zero attached hydrogens (tertiary/aromatic N) is 1. The molecule has 3 rings (SSSR count). The van der Waals surface area contributed by atoms with Gasteiger partial charge in [0.1, 0.15) is 17.0 Å². The Bertz CT molecular complexity index is 966. The first-order valence-electron chi connectivity index (χ1n) is 7.66. The van der Waals surface area contributed by atoms with Crippen molar-refractivity contribution in [3.63, 3.8) is 0 Å². The van der Waals surface area contributed by atoms with Crippen molar-refractivity contribution in [1.82, 2.24) is 4.98 Å². The molecule has 0 amide bonds. The van der Waals surface area contributed by atoms with Crippen LogP contribution in [0.25, 0.3) is 23.1 Å². The Kier molecular flexibility index (Phi) is 5.14. The minimum absolute atomic E-state index is 0.356. The first-order valence-corrected chi connectivity index (χ1v) is 8.46. The molecule has 0 aliphatic rings. The third kappa shape index (κ3) is 4.06. The van der Waals surface area contributed by atoms with Gasteiger partial charge in [-0.05, 0) is 42.5 Å². The van der Waals surface area contributed by atoms with Crippen molar-refractivity contribution in [1.29, 1.82) is 0 Å². The second kappa shape index (κ2) is 7.49. The van der Waals surface area contributed by atoms with E-state index in [1.54, 1.807) is 13.2 Å². The lowest BCUT2D eigenvalue weighted by Crippen LogP contribution is -2.02. The van der Waals surface area contributed by atoms with Crippen molar-refractivity contribution < 1.29 is 14.3 Å². The molecule has 0 spiro atoms. The molecular formula is C20H16BrNO3. The van der Waals surface area contributed by atoms with E-state index < -0.39 is 0 Å². The number of halogens is 1.